The van der Waals surface area contributed by atoms with Gasteiger partial charge in [-0.1, -0.05) is 47.6 Å². The molecule has 2 rings (SSSR count). The molecule has 15 heavy (non-hydrogen) atoms. The summed E-state index contributed by atoms with van der Waals surface area (Å²) in [5.74, 6) is 0. The molecule has 2 aromatic carbocycles. The SMILES string of the molecule is CC(=O)Sc1cccc2cccc(Cl)c12. The zero-order chi connectivity index (χ0) is 10.8. The summed E-state index contributed by atoms with van der Waals surface area (Å²) in [6, 6.07) is 11.6. The smallest absolute Gasteiger partial charge is 0.190 e. The topological polar surface area (TPSA) is 17.1 Å². The van der Waals surface area contributed by atoms with Crippen molar-refractivity contribution in [2.24, 2.45) is 0 Å². The van der Waals surface area contributed by atoms with Crippen molar-refractivity contribution in [2.75, 3.05) is 0 Å². The third kappa shape index (κ3) is 2.16. The minimum absolute atomic E-state index is 0.0717. The normalized spacial score (nSPS) is 10.5. The van der Waals surface area contributed by atoms with Crippen LogP contribution in [0.4, 0.5) is 0 Å². The van der Waals surface area contributed by atoms with E-state index in [-0.39, 0.29) is 5.12 Å². The Morgan fingerprint density at radius 3 is 2.53 bits per heavy atom. The summed E-state index contributed by atoms with van der Waals surface area (Å²) in [5, 5.41) is 2.79. The van der Waals surface area contributed by atoms with Gasteiger partial charge in [0.2, 0.25) is 0 Å². The second-order valence-electron chi connectivity index (χ2n) is 3.19. The van der Waals surface area contributed by atoms with Gasteiger partial charge in [0, 0.05) is 22.2 Å². The van der Waals surface area contributed by atoms with E-state index in [1.165, 1.54) is 11.8 Å². The zero-order valence-electron chi connectivity index (χ0n) is 8.16. The molecule has 0 saturated heterocycles. The van der Waals surface area contributed by atoms with E-state index in [0.717, 1.165) is 15.7 Å². The second-order valence-corrected chi connectivity index (χ2v) is 4.81. The molecule has 0 aliphatic heterocycles. The van der Waals surface area contributed by atoms with E-state index < -0.39 is 0 Å². The summed E-state index contributed by atoms with van der Waals surface area (Å²) in [4.78, 5) is 12.0. The number of hydrogen-bond donors (Lipinski definition) is 0. The summed E-state index contributed by atoms with van der Waals surface area (Å²) in [5.41, 5.74) is 0. The van der Waals surface area contributed by atoms with E-state index in [1.54, 1.807) is 6.92 Å². The van der Waals surface area contributed by atoms with Gasteiger partial charge in [-0.25, -0.2) is 0 Å². The molecule has 0 atom stereocenters. The molecule has 0 heterocycles. The van der Waals surface area contributed by atoms with Crippen molar-refractivity contribution in [3.05, 3.63) is 41.4 Å². The number of carbonyl (C=O) groups excluding carboxylic acids is 1. The Bertz CT molecular complexity index is 517. The number of thioether (sulfide) groups is 1. The highest BCUT2D eigenvalue weighted by Gasteiger charge is 2.06. The van der Waals surface area contributed by atoms with Gasteiger partial charge in [-0.3, -0.25) is 4.79 Å². The van der Waals surface area contributed by atoms with Crippen molar-refractivity contribution in [3.63, 3.8) is 0 Å². The average Bonchev–Trinajstić information content (AvgIpc) is 2.17. The minimum Gasteiger partial charge on any atom is -0.287 e. The van der Waals surface area contributed by atoms with E-state index in [0.29, 0.717) is 5.02 Å². The van der Waals surface area contributed by atoms with E-state index in [4.69, 9.17) is 11.6 Å². The Kier molecular flexibility index (Phi) is 2.98. The first-order valence-electron chi connectivity index (χ1n) is 4.54. The summed E-state index contributed by atoms with van der Waals surface area (Å²) in [6.07, 6.45) is 0. The van der Waals surface area contributed by atoms with E-state index in [1.807, 2.05) is 36.4 Å². The quantitative estimate of drug-likeness (QED) is 0.693. The van der Waals surface area contributed by atoms with Gasteiger partial charge in [0.1, 0.15) is 0 Å². The van der Waals surface area contributed by atoms with Crippen molar-refractivity contribution >= 4 is 39.3 Å². The van der Waals surface area contributed by atoms with Crippen molar-refractivity contribution in [3.8, 4) is 0 Å². The predicted octanol–water partition coefficient (Wildman–Crippen LogP) is 4.13. The molecule has 0 aliphatic carbocycles. The van der Waals surface area contributed by atoms with Crippen LogP contribution in [0.1, 0.15) is 6.92 Å². The number of benzene rings is 2. The van der Waals surface area contributed by atoms with Crippen LogP contribution in [0.3, 0.4) is 0 Å². The molecule has 0 spiro atoms. The first-order valence-corrected chi connectivity index (χ1v) is 5.73. The van der Waals surface area contributed by atoms with Gasteiger partial charge in [0.05, 0.1) is 0 Å². The molecule has 0 bridgehead atoms. The molecular formula is C12H9ClOS. The van der Waals surface area contributed by atoms with Gasteiger partial charge < -0.3 is 0 Å². The largest absolute Gasteiger partial charge is 0.287 e. The standard InChI is InChI=1S/C12H9ClOS/c1-8(14)15-11-7-3-5-9-4-2-6-10(13)12(9)11/h2-7H,1H3. The monoisotopic (exact) mass is 236 g/mol. The van der Waals surface area contributed by atoms with Gasteiger partial charge in [0.15, 0.2) is 5.12 Å². The maximum absolute atomic E-state index is 11.1. The first-order chi connectivity index (χ1) is 7.18. The van der Waals surface area contributed by atoms with Crippen LogP contribution in [0, 0.1) is 0 Å². The molecule has 0 aromatic heterocycles. The van der Waals surface area contributed by atoms with Crippen LogP contribution in [0.5, 0.6) is 0 Å². The highest BCUT2D eigenvalue weighted by atomic mass is 35.5. The molecular weight excluding hydrogens is 228 g/mol. The van der Waals surface area contributed by atoms with Crippen molar-refractivity contribution in [2.45, 2.75) is 11.8 Å². The molecule has 2 aromatic rings. The molecule has 76 valence electrons. The van der Waals surface area contributed by atoms with Crippen LogP contribution in [0.2, 0.25) is 5.02 Å². The predicted molar refractivity (Wildman–Crippen MR) is 65.5 cm³/mol. The molecule has 0 radical (unpaired) electrons. The van der Waals surface area contributed by atoms with Crippen molar-refractivity contribution < 1.29 is 4.79 Å². The van der Waals surface area contributed by atoms with E-state index in [9.17, 15) is 4.79 Å². The average molecular weight is 237 g/mol. The lowest BCUT2D eigenvalue weighted by Gasteiger charge is -2.05. The molecule has 0 saturated carbocycles. The van der Waals surface area contributed by atoms with Crippen LogP contribution in [-0.2, 0) is 4.79 Å². The fraction of sp³-hybridized carbons (Fsp3) is 0.0833. The first kappa shape index (κ1) is 10.5. The second kappa shape index (κ2) is 4.25. The van der Waals surface area contributed by atoms with E-state index >= 15 is 0 Å². The Morgan fingerprint density at radius 1 is 1.20 bits per heavy atom. The van der Waals surface area contributed by atoms with E-state index in [2.05, 4.69) is 0 Å². The number of halogens is 1. The minimum atomic E-state index is 0.0717. The fourth-order valence-electron chi connectivity index (χ4n) is 1.50. The number of hydrogen-bond acceptors (Lipinski definition) is 2. The third-order valence-corrected chi connectivity index (χ3v) is 3.23. The van der Waals surface area contributed by atoms with Crippen LogP contribution >= 0.6 is 23.4 Å². The summed E-state index contributed by atoms with van der Waals surface area (Å²) in [7, 11) is 0. The summed E-state index contributed by atoms with van der Waals surface area (Å²) in [6.45, 7) is 1.56. The highest BCUT2D eigenvalue weighted by molar-refractivity contribution is 8.13. The van der Waals surface area contributed by atoms with Gasteiger partial charge >= 0.3 is 0 Å². The summed E-state index contributed by atoms with van der Waals surface area (Å²) >= 11 is 7.34. The van der Waals surface area contributed by atoms with Gasteiger partial charge in [-0.2, -0.15) is 0 Å². The van der Waals surface area contributed by atoms with Gasteiger partial charge in [-0.05, 0) is 17.5 Å². The van der Waals surface area contributed by atoms with Gasteiger partial charge in [-0.15, -0.1) is 0 Å². The molecule has 0 N–H and O–H groups in total. The lowest BCUT2D eigenvalue weighted by atomic mass is 10.1. The van der Waals surface area contributed by atoms with Crippen molar-refractivity contribution in [1.29, 1.82) is 0 Å². The Hall–Kier alpha value is -0.990. The van der Waals surface area contributed by atoms with Crippen LogP contribution in [-0.4, -0.2) is 5.12 Å². The number of carbonyl (C=O) groups is 1. The molecule has 0 aliphatic rings. The van der Waals surface area contributed by atoms with Crippen LogP contribution < -0.4 is 0 Å². The fourth-order valence-corrected chi connectivity index (χ4v) is 2.63. The molecule has 3 heteroatoms. The lowest BCUT2D eigenvalue weighted by molar-refractivity contribution is -0.109. The Balaban J connectivity index is 2.68. The molecule has 0 fully saturated rings. The lowest BCUT2D eigenvalue weighted by Crippen LogP contribution is -1.84. The molecule has 0 amide bonds. The maximum Gasteiger partial charge on any atom is 0.190 e. The zero-order valence-corrected chi connectivity index (χ0v) is 9.73. The molecule has 0 unspecified atom stereocenters. The summed E-state index contributed by atoms with van der Waals surface area (Å²) < 4.78 is 0. The number of rotatable bonds is 1. The number of fused-ring (bicyclic) bond motifs is 1. The maximum atomic E-state index is 11.1. The molecule has 1 nitrogen and oxygen atoms in total. The van der Waals surface area contributed by atoms with Crippen LogP contribution in [0.25, 0.3) is 10.8 Å². The van der Waals surface area contributed by atoms with Crippen molar-refractivity contribution in [1.82, 2.24) is 0 Å². The highest BCUT2D eigenvalue weighted by Crippen LogP contribution is 2.33. The van der Waals surface area contributed by atoms with Crippen LogP contribution in [0.15, 0.2) is 41.3 Å². The Morgan fingerprint density at radius 2 is 1.87 bits per heavy atom. The Labute approximate surface area is 97.4 Å². The third-order valence-electron chi connectivity index (χ3n) is 2.07. The van der Waals surface area contributed by atoms with Gasteiger partial charge in [0.25, 0.3) is 0 Å².